The number of aromatic nitrogens is 4. The number of pyridine rings is 1. The summed E-state index contributed by atoms with van der Waals surface area (Å²) in [5.74, 6) is 2.03. The fourth-order valence-electron chi connectivity index (χ4n) is 4.55. The smallest absolute Gasteiger partial charge is 0.186 e. The molecule has 2 aromatic heterocycles. The summed E-state index contributed by atoms with van der Waals surface area (Å²) < 4.78 is 22.2. The van der Waals surface area contributed by atoms with Crippen LogP contribution < -0.4 is 4.90 Å². The summed E-state index contributed by atoms with van der Waals surface area (Å²) in [4.78, 5) is 11.8. The van der Waals surface area contributed by atoms with Crippen molar-refractivity contribution in [1.29, 1.82) is 0 Å². The summed E-state index contributed by atoms with van der Waals surface area (Å²) in [6, 6.07) is 23.3. The minimum atomic E-state index is -1.21. The van der Waals surface area contributed by atoms with Crippen molar-refractivity contribution in [3.8, 4) is 33.9 Å². The van der Waals surface area contributed by atoms with E-state index in [1.807, 2.05) is 64.2 Å². The predicted octanol–water partition coefficient (Wildman–Crippen LogP) is 6.53. The molecule has 1 aliphatic rings. The van der Waals surface area contributed by atoms with Crippen LogP contribution in [0, 0.1) is 0 Å². The summed E-state index contributed by atoms with van der Waals surface area (Å²) in [5.41, 5.74) is 3.80. The SMILES string of the molecule is C[Si](C)(C)CCOCn1nc(-c2c(-c3ccccc3)ccnc2N2CCC(F)C2)nc1-c1ccccc1. The van der Waals surface area contributed by atoms with Crippen LogP contribution in [0.25, 0.3) is 33.9 Å². The van der Waals surface area contributed by atoms with Crippen molar-refractivity contribution < 1.29 is 9.13 Å². The van der Waals surface area contributed by atoms with E-state index in [0.29, 0.717) is 38.7 Å². The number of nitrogens with zero attached hydrogens (tertiary/aromatic N) is 5. The number of rotatable bonds is 9. The van der Waals surface area contributed by atoms with Crippen LogP contribution in [0.5, 0.6) is 0 Å². The molecule has 0 aliphatic carbocycles. The zero-order valence-electron chi connectivity index (χ0n) is 21.8. The van der Waals surface area contributed by atoms with Crippen LogP contribution in [0.4, 0.5) is 10.2 Å². The number of alkyl halides is 1. The molecule has 6 nitrogen and oxygen atoms in total. The van der Waals surface area contributed by atoms with Crippen molar-refractivity contribution in [3.63, 3.8) is 0 Å². The first kappa shape index (κ1) is 25.3. The number of halogens is 1. The highest BCUT2D eigenvalue weighted by molar-refractivity contribution is 6.76. The molecule has 1 unspecified atom stereocenters. The molecule has 4 aromatic rings. The Bertz CT molecular complexity index is 1320. The van der Waals surface area contributed by atoms with E-state index < -0.39 is 14.2 Å². The molecular formula is C29H34FN5OSi. The van der Waals surface area contributed by atoms with E-state index in [0.717, 1.165) is 39.9 Å². The zero-order valence-corrected chi connectivity index (χ0v) is 22.8. The molecular weight excluding hydrogens is 481 g/mol. The van der Waals surface area contributed by atoms with E-state index in [1.165, 1.54) is 0 Å². The molecule has 37 heavy (non-hydrogen) atoms. The molecule has 0 amide bonds. The lowest BCUT2D eigenvalue weighted by Gasteiger charge is -2.21. The van der Waals surface area contributed by atoms with Gasteiger partial charge in [0.2, 0.25) is 0 Å². The Hall–Kier alpha value is -3.36. The molecule has 8 heteroatoms. The standard InChI is InChI=1S/C29H34FN5OSi/c1-37(2,3)19-18-36-21-35-28(23-12-8-5-9-13-23)32-27(33-35)26-25(22-10-6-4-7-11-22)14-16-31-29(26)34-17-15-24(30)20-34/h4-14,16,24H,15,17-21H2,1-3H3. The van der Waals surface area contributed by atoms with E-state index in [1.54, 1.807) is 6.20 Å². The first-order chi connectivity index (χ1) is 17.9. The number of hydrogen-bond acceptors (Lipinski definition) is 5. The predicted molar refractivity (Wildman–Crippen MR) is 150 cm³/mol. The average molecular weight is 516 g/mol. The van der Waals surface area contributed by atoms with Gasteiger partial charge in [-0.1, -0.05) is 80.3 Å². The number of benzene rings is 2. The third-order valence-corrected chi connectivity index (χ3v) is 8.29. The van der Waals surface area contributed by atoms with Gasteiger partial charge in [-0.3, -0.25) is 0 Å². The van der Waals surface area contributed by atoms with Gasteiger partial charge in [0.15, 0.2) is 11.6 Å². The second kappa shape index (κ2) is 10.9. The lowest BCUT2D eigenvalue weighted by molar-refractivity contribution is 0.0797. The molecule has 1 fully saturated rings. The molecule has 2 aromatic carbocycles. The van der Waals surface area contributed by atoms with Gasteiger partial charge in [0.05, 0.1) is 12.1 Å². The van der Waals surface area contributed by atoms with Crippen LogP contribution in [0.3, 0.4) is 0 Å². The second-order valence-electron chi connectivity index (χ2n) is 10.7. The summed E-state index contributed by atoms with van der Waals surface area (Å²) in [6.45, 7) is 8.97. The van der Waals surface area contributed by atoms with E-state index in [9.17, 15) is 4.39 Å². The van der Waals surface area contributed by atoms with Crippen molar-refractivity contribution in [2.24, 2.45) is 0 Å². The summed E-state index contributed by atoms with van der Waals surface area (Å²) in [5, 5.41) is 4.96. The lowest BCUT2D eigenvalue weighted by Crippen LogP contribution is -2.22. The molecule has 0 N–H and O–H groups in total. The molecule has 0 saturated carbocycles. The highest BCUT2D eigenvalue weighted by Crippen LogP contribution is 2.39. The van der Waals surface area contributed by atoms with Crippen LogP contribution in [-0.2, 0) is 11.5 Å². The van der Waals surface area contributed by atoms with Crippen LogP contribution in [0.15, 0.2) is 72.9 Å². The van der Waals surface area contributed by atoms with Gasteiger partial charge in [0.1, 0.15) is 18.7 Å². The van der Waals surface area contributed by atoms with Crippen molar-refractivity contribution in [2.45, 2.75) is 45.0 Å². The van der Waals surface area contributed by atoms with E-state index in [-0.39, 0.29) is 0 Å². The van der Waals surface area contributed by atoms with Crippen LogP contribution >= 0.6 is 0 Å². The molecule has 3 heterocycles. The minimum Gasteiger partial charge on any atom is -0.359 e. The van der Waals surface area contributed by atoms with E-state index >= 15 is 0 Å². The maximum absolute atomic E-state index is 14.2. The molecule has 0 radical (unpaired) electrons. The fraction of sp³-hybridized carbons (Fsp3) is 0.345. The maximum atomic E-state index is 14.2. The first-order valence-electron chi connectivity index (χ1n) is 12.9. The van der Waals surface area contributed by atoms with Crippen LogP contribution in [0.2, 0.25) is 25.7 Å². The molecule has 0 spiro atoms. The van der Waals surface area contributed by atoms with Gasteiger partial charge in [-0.25, -0.2) is 19.0 Å². The van der Waals surface area contributed by atoms with Gasteiger partial charge in [-0.2, -0.15) is 0 Å². The Labute approximate surface area is 219 Å². The van der Waals surface area contributed by atoms with Gasteiger partial charge >= 0.3 is 0 Å². The molecule has 1 aliphatic heterocycles. The lowest BCUT2D eigenvalue weighted by atomic mass is 10.00. The van der Waals surface area contributed by atoms with Crippen molar-refractivity contribution in [2.75, 3.05) is 24.6 Å². The number of hydrogen-bond donors (Lipinski definition) is 0. The molecule has 0 bridgehead atoms. The van der Waals surface area contributed by atoms with Gasteiger partial charge in [0.25, 0.3) is 0 Å². The van der Waals surface area contributed by atoms with Crippen molar-refractivity contribution in [3.05, 3.63) is 72.9 Å². The zero-order chi connectivity index (χ0) is 25.8. The van der Waals surface area contributed by atoms with Gasteiger partial charge in [0, 0.05) is 33.0 Å². The monoisotopic (exact) mass is 515 g/mol. The fourth-order valence-corrected chi connectivity index (χ4v) is 5.30. The molecule has 192 valence electrons. The summed E-state index contributed by atoms with van der Waals surface area (Å²) in [7, 11) is -1.21. The summed E-state index contributed by atoms with van der Waals surface area (Å²) in [6.07, 6.45) is 1.43. The Balaban J connectivity index is 1.60. The quantitative estimate of drug-likeness (QED) is 0.187. The van der Waals surface area contributed by atoms with Crippen LogP contribution in [0.1, 0.15) is 6.42 Å². The molecule has 1 saturated heterocycles. The highest BCUT2D eigenvalue weighted by atomic mass is 28.3. The molecule has 5 rings (SSSR count). The number of anilines is 1. The average Bonchev–Trinajstić information content (AvgIpc) is 3.53. The normalized spacial score (nSPS) is 15.9. The van der Waals surface area contributed by atoms with Gasteiger partial charge < -0.3 is 9.64 Å². The first-order valence-corrected chi connectivity index (χ1v) is 16.6. The Morgan fingerprint density at radius 1 is 0.973 bits per heavy atom. The van der Waals surface area contributed by atoms with E-state index in [2.05, 4.69) is 31.8 Å². The maximum Gasteiger partial charge on any atom is 0.186 e. The largest absolute Gasteiger partial charge is 0.359 e. The van der Waals surface area contributed by atoms with Crippen molar-refractivity contribution >= 4 is 13.9 Å². The van der Waals surface area contributed by atoms with Gasteiger partial charge in [-0.15, -0.1) is 5.10 Å². The third kappa shape index (κ3) is 5.97. The van der Waals surface area contributed by atoms with Crippen LogP contribution in [-0.4, -0.2) is 53.7 Å². The highest BCUT2D eigenvalue weighted by Gasteiger charge is 2.29. The topological polar surface area (TPSA) is 56.1 Å². The minimum absolute atomic E-state index is 0.314. The Morgan fingerprint density at radius 2 is 1.68 bits per heavy atom. The Morgan fingerprint density at radius 3 is 2.32 bits per heavy atom. The van der Waals surface area contributed by atoms with E-state index in [4.69, 9.17) is 19.8 Å². The molecule has 1 atom stereocenters. The van der Waals surface area contributed by atoms with Crippen molar-refractivity contribution in [1.82, 2.24) is 19.7 Å². The Kier molecular flexibility index (Phi) is 7.48. The third-order valence-electron chi connectivity index (χ3n) is 6.58. The second-order valence-corrected chi connectivity index (χ2v) is 16.3. The number of ether oxygens (including phenoxy) is 1. The van der Waals surface area contributed by atoms with Gasteiger partial charge in [-0.05, 0) is 29.7 Å². The summed E-state index contributed by atoms with van der Waals surface area (Å²) >= 11 is 0.